The van der Waals surface area contributed by atoms with Crippen LogP contribution in [0.4, 0.5) is 0 Å². The van der Waals surface area contributed by atoms with E-state index in [1.54, 1.807) is 0 Å². The van der Waals surface area contributed by atoms with Crippen molar-refractivity contribution in [3.8, 4) is 0 Å². The molecule has 0 unspecified atom stereocenters. The van der Waals surface area contributed by atoms with Gasteiger partial charge < -0.3 is 10.4 Å². The topological polar surface area (TPSA) is 44.3 Å². The maximum absolute atomic E-state index is 9.49. The summed E-state index contributed by atoms with van der Waals surface area (Å²) in [5, 5.41) is 15.8. The number of nitrogens with one attached hydrogen (secondary N) is 2. The molecule has 1 saturated carbocycles. The molecule has 1 saturated heterocycles. The molecule has 0 aromatic carbocycles. The van der Waals surface area contributed by atoms with Gasteiger partial charge in [-0.15, -0.1) is 0 Å². The van der Waals surface area contributed by atoms with E-state index in [0.717, 1.165) is 25.6 Å². The van der Waals surface area contributed by atoms with Crippen LogP contribution in [0.3, 0.4) is 0 Å². The summed E-state index contributed by atoms with van der Waals surface area (Å²) in [6.45, 7) is 2.95. The lowest BCUT2D eigenvalue weighted by Crippen LogP contribution is -2.53. The molecule has 2 aliphatic rings. The van der Waals surface area contributed by atoms with Crippen molar-refractivity contribution in [1.82, 2.24) is 10.6 Å². The summed E-state index contributed by atoms with van der Waals surface area (Å²) in [4.78, 5) is 0. The molecule has 11 heavy (non-hydrogen) atoms. The van der Waals surface area contributed by atoms with Crippen LogP contribution >= 0.6 is 0 Å². The third kappa shape index (κ3) is 1.92. The molecule has 0 aromatic heterocycles. The third-order valence-corrected chi connectivity index (χ3v) is 2.57. The van der Waals surface area contributed by atoms with E-state index in [2.05, 4.69) is 10.6 Å². The van der Waals surface area contributed by atoms with E-state index in [0.29, 0.717) is 5.92 Å². The fraction of sp³-hybridized carbons (Fsp3) is 1.00. The molecule has 1 aliphatic carbocycles. The average molecular weight is 156 g/mol. The van der Waals surface area contributed by atoms with Crippen molar-refractivity contribution < 1.29 is 5.11 Å². The summed E-state index contributed by atoms with van der Waals surface area (Å²) in [5.41, 5.74) is 0. The Kier molecular flexibility index (Phi) is 2.11. The zero-order chi connectivity index (χ0) is 7.68. The first-order valence-electron chi connectivity index (χ1n) is 4.48. The molecular weight excluding hydrogens is 140 g/mol. The Morgan fingerprint density at radius 3 is 2.64 bits per heavy atom. The minimum Gasteiger partial charge on any atom is -0.378 e. The third-order valence-electron chi connectivity index (χ3n) is 2.57. The van der Waals surface area contributed by atoms with Crippen molar-refractivity contribution in [3.05, 3.63) is 0 Å². The van der Waals surface area contributed by atoms with Crippen molar-refractivity contribution >= 4 is 0 Å². The van der Waals surface area contributed by atoms with E-state index in [1.807, 2.05) is 0 Å². The van der Waals surface area contributed by atoms with E-state index in [9.17, 15) is 5.11 Å². The normalized spacial score (nSPS) is 28.1. The summed E-state index contributed by atoms with van der Waals surface area (Å²) in [6.07, 6.45) is 2.43. The highest BCUT2D eigenvalue weighted by Gasteiger charge is 2.27. The molecule has 0 aromatic rings. The molecule has 0 radical (unpaired) electrons. The Balaban J connectivity index is 1.59. The molecule has 1 atom stereocenters. The van der Waals surface area contributed by atoms with Gasteiger partial charge in [0.2, 0.25) is 0 Å². The van der Waals surface area contributed by atoms with Gasteiger partial charge in [0.05, 0.1) is 0 Å². The van der Waals surface area contributed by atoms with Gasteiger partial charge in [-0.25, -0.2) is 0 Å². The first kappa shape index (κ1) is 7.53. The molecule has 3 nitrogen and oxygen atoms in total. The molecule has 2 fully saturated rings. The number of hydrogen-bond donors (Lipinski definition) is 3. The Bertz CT molecular complexity index is 132. The zero-order valence-corrected chi connectivity index (χ0v) is 6.71. The lowest BCUT2D eigenvalue weighted by atomic mass is 10.0. The smallest absolute Gasteiger partial charge is 0.110 e. The van der Waals surface area contributed by atoms with E-state index >= 15 is 0 Å². The second kappa shape index (κ2) is 3.09. The Morgan fingerprint density at radius 2 is 2.18 bits per heavy atom. The van der Waals surface area contributed by atoms with Crippen molar-refractivity contribution in [2.45, 2.75) is 19.1 Å². The monoisotopic (exact) mass is 156 g/mol. The minimum absolute atomic E-state index is 0.267. The Morgan fingerprint density at radius 1 is 1.45 bits per heavy atom. The first-order chi connectivity index (χ1) is 5.36. The number of aliphatic hydroxyl groups is 1. The van der Waals surface area contributed by atoms with Gasteiger partial charge in [-0.1, -0.05) is 0 Å². The predicted molar refractivity (Wildman–Crippen MR) is 43.1 cm³/mol. The number of hydrogen-bond acceptors (Lipinski definition) is 3. The minimum atomic E-state index is -0.267. The van der Waals surface area contributed by atoms with Gasteiger partial charge in [-0.3, -0.25) is 5.32 Å². The van der Waals surface area contributed by atoms with Crippen LogP contribution in [0.15, 0.2) is 0 Å². The molecule has 0 spiro atoms. The fourth-order valence-electron chi connectivity index (χ4n) is 1.31. The lowest BCUT2D eigenvalue weighted by molar-refractivity contribution is 0.0473. The van der Waals surface area contributed by atoms with Crippen LogP contribution in [-0.4, -0.2) is 31.0 Å². The SMILES string of the molecule is O[C@H](NCC1CC1)C1CNC1. The predicted octanol–water partition coefficient (Wildman–Crippen LogP) is -0.476. The van der Waals surface area contributed by atoms with Gasteiger partial charge in [0.15, 0.2) is 0 Å². The van der Waals surface area contributed by atoms with Crippen molar-refractivity contribution in [3.63, 3.8) is 0 Å². The Labute approximate surface area is 67.2 Å². The summed E-state index contributed by atoms with van der Waals surface area (Å²) in [7, 11) is 0. The standard InChI is InChI=1S/C8H16N2O/c11-8(7-4-9-5-7)10-3-6-1-2-6/h6-11H,1-5H2/t8-/m0/s1. The molecular formula is C8H16N2O. The molecule has 64 valence electrons. The van der Waals surface area contributed by atoms with Crippen LogP contribution in [0.25, 0.3) is 0 Å². The second-order valence-electron chi connectivity index (χ2n) is 3.71. The van der Waals surface area contributed by atoms with Gasteiger partial charge in [-0.2, -0.15) is 0 Å². The van der Waals surface area contributed by atoms with Gasteiger partial charge >= 0.3 is 0 Å². The van der Waals surface area contributed by atoms with Crippen molar-refractivity contribution in [2.75, 3.05) is 19.6 Å². The van der Waals surface area contributed by atoms with Gasteiger partial charge in [-0.05, 0) is 18.8 Å². The van der Waals surface area contributed by atoms with Crippen LogP contribution in [0.2, 0.25) is 0 Å². The fourth-order valence-corrected chi connectivity index (χ4v) is 1.31. The van der Waals surface area contributed by atoms with Crippen LogP contribution in [-0.2, 0) is 0 Å². The largest absolute Gasteiger partial charge is 0.378 e. The highest BCUT2D eigenvalue weighted by atomic mass is 16.3. The summed E-state index contributed by atoms with van der Waals surface area (Å²) in [6, 6.07) is 0. The zero-order valence-electron chi connectivity index (χ0n) is 6.71. The number of aliphatic hydroxyl groups excluding tert-OH is 1. The maximum Gasteiger partial charge on any atom is 0.110 e. The van der Waals surface area contributed by atoms with Crippen LogP contribution in [0.5, 0.6) is 0 Å². The molecule has 1 aliphatic heterocycles. The van der Waals surface area contributed by atoms with Crippen LogP contribution in [0, 0.1) is 11.8 Å². The van der Waals surface area contributed by atoms with Crippen molar-refractivity contribution in [2.24, 2.45) is 11.8 Å². The molecule has 2 rings (SSSR count). The molecule has 3 heteroatoms. The average Bonchev–Trinajstić information content (AvgIpc) is 2.61. The second-order valence-corrected chi connectivity index (χ2v) is 3.71. The van der Waals surface area contributed by atoms with E-state index < -0.39 is 0 Å². The molecule has 3 N–H and O–H groups in total. The summed E-state index contributed by atoms with van der Waals surface area (Å²) >= 11 is 0. The van der Waals surface area contributed by atoms with Gasteiger partial charge in [0.25, 0.3) is 0 Å². The molecule has 1 heterocycles. The quantitative estimate of drug-likeness (QED) is 0.482. The summed E-state index contributed by atoms with van der Waals surface area (Å²) < 4.78 is 0. The van der Waals surface area contributed by atoms with Crippen molar-refractivity contribution in [1.29, 1.82) is 0 Å². The van der Waals surface area contributed by atoms with E-state index in [-0.39, 0.29) is 6.23 Å². The molecule has 0 amide bonds. The van der Waals surface area contributed by atoms with E-state index in [1.165, 1.54) is 12.8 Å². The Hall–Kier alpha value is -0.120. The van der Waals surface area contributed by atoms with Crippen LogP contribution in [0.1, 0.15) is 12.8 Å². The maximum atomic E-state index is 9.49. The van der Waals surface area contributed by atoms with E-state index in [4.69, 9.17) is 0 Å². The van der Waals surface area contributed by atoms with Gasteiger partial charge in [0, 0.05) is 25.6 Å². The molecule has 0 bridgehead atoms. The highest BCUT2D eigenvalue weighted by Crippen LogP contribution is 2.27. The van der Waals surface area contributed by atoms with Crippen LogP contribution < -0.4 is 10.6 Å². The summed E-state index contributed by atoms with van der Waals surface area (Å²) in [5.74, 6) is 1.31. The highest BCUT2D eigenvalue weighted by molar-refractivity contribution is 4.82. The van der Waals surface area contributed by atoms with Gasteiger partial charge in [0.1, 0.15) is 6.23 Å². The number of rotatable bonds is 4. The first-order valence-corrected chi connectivity index (χ1v) is 4.48. The lowest BCUT2D eigenvalue weighted by Gasteiger charge is -2.31.